The number of carbonyl (C=O) groups is 1. The molecule has 0 bridgehead atoms. The highest BCUT2D eigenvalue weighted by Gasteiger charge is 2.12. The lowest BCUT2D eigenvalue weighted by molar-refractivity contribution is 0.235. The van der Waals surface area contributed by atoms with E-state index in [1.54, 1.807) is 17.1 Å². The van der Waals surface area contributed by atoms with Crippen LogP contribution in [0.4, 0.5) is 4.79 Å². The fourth-order valence-corrected chi connectivity index (χ4v) is 2.44. The molecule has 0 unspecified atom stereocenters. The molecule has 114 valence electrons. The van der Waals surface area contributed by atoms with Crippen molar-refractivity contribution in [2.45, 2.75) is 31.8 Å². The molecule has 6 heteroatoms. The predicted octanol–water partition coefficient (Wildman–Crippen LogP) is 2.18. The Morgan fingerprint density at radius 2 is 2.32 bits per heavy atom. The van der Waals surface area contributed by atoms with Crippen LogP contribution in [0.3, 0.4) is 0 Å². The summed E-state index contributed by atoms with van der Waals surface area (Å²) in [5.74, 6) is 0.738. The highest BCUT2D eigenvalue weighted by molar-refractivity contribution is 5.74. The van der Waals surface area contributed by atoms with Crippen LogP contribution in [-0.4, -0.2) is 26.8 Å². The molecule has 2 heterocycles. The van der Waals surface area contributed by atoms with Gasteiger partial charge in [0, 0.05) is 31.2 Å². The van der Waals surface area contributed by atoms with Gasteiger partial charge in [-0.15, -0.1) is 0 Å². The van der Waals surface area contributed by atoms with E-state index in [2.05, 4.69) is 32.9 Å². The van der Waals surface area contributed by atoms with Crippen LogP contribution in [0.25, 0.3) is 5.82 Å². The number of amides is 2. The van der Waals surface area contributed by atoms with Crippen molar-refractivity contribution in [3.63, 3.8) is 0 Å². The molecule has 1 atom stereocenters. The van der Waals surface area contributed by atoms with Crippen molar-refractivity contribution in [2.75, 3.05) is 0 Å². The van der Waals surface area contributed by atoms with Crippen molar-refractivity contribution in [1.29, 1.82) is 0 Å². The Bertz CT molecular complexity index is 650. The minimum Gasteiger partial charge on any atom is -0.335 e. The van der Waals surface area contributed by atoms with Gasteiger partial charge in [-0.3, -0.25) is 0 Å². The molecule has 0 radical (unpaired) electrons. The van der Waals surface area contributed by atoms with E-state index in [-0.39, 0.29) is 12.1 Å². The van der Waals surface area contributed by atoms with Gasteiger partial charge in [-0.05, 0) is 43.0 Å². The number of hydrogen-bond donors (Lipinski definition) is 2. The number of nitrogens with zero attached hydrogens (tertiary/aromatic N) is 3. The second-order valence-electron chi connectivity index (χ2n) is 5.28. The highest BCUT2D eigenvalue weighted by atomic mass is 16.2. The third-order valence-electron chi connectivity index (χ3n) is 3.61. The minimum absolute atomic E-state index is 0.127. The van der Waals surface area contributed by atoms with Gasteiger partial charge in [0.1, 0.15) is 0 Å². The Hall–Kier alpha value is -2.63. The molecule has 2 aromatic rings. The molecule has 0 aliphatic heterocycles. The SMILES string of the molecule is O=C(NCc1ccnc(-n2cccn2)c1)N[C@@H]1CC=CCC1. The maximum atomic E-state index is 11.9. The first-order chi connectivity index (χ1) is 10.8. The van der Waals surface area contributed by atoms with Crippen LogP contribution < -0.4 is 10.6 Å². The monoisotopic (exact) mass is 297 g/mol. The van der Waals surface area contributed by atoms with Crippen molar-refractivity contribution < 1.29 is 4.79 Å². The van der Waals surface area contributed by atoms with E-state index >= 15 is 0 Å². The number of carbonyl (C=O) groups excluding carboxylic acids is 1. The normalized spacial score (nSPS) is 17.2. The number of allylic oxidation sites excluding steroid dienone is 1. The lowest BCUT2D eigenvalue weighted by Gasteiger charge is -2.19. The van der Waals surface area contributed by atoms with Crippen LogP contribution >= 0.6 is 0 Å². The molecular weight excluding hydrogens is 278 g/mol. The van der Waals surface area contributed by atoms with Crippen molar-refractivity contribution in [1.82, 2.24) is 25.4 Å². The van der Waals surface area contributed by atoms with E-state index < -0.39 is 0 Å². The van der Waals surface area contributed by atoms with E-state index in [1.165, 1.54) is 0 Å². The van der Waals surface area contributed by atoms with E-state index in [0.717, 1.165) is 30.6 Å². The topological polar surface area (TPSA) is 71.8 Å². The molecule has 0 saturated heterocycles. The smallest absolute Gasteiger partial charge is 0.315 e. The van der Waals surface area contributed by atoms with Crippen molar-refractivity contribution in [3.05, 3.63) is 54.5 Å². The van der Waals surface area contributed by atoms with Crippen LogP contribution in [0, 0.1) is 0 Å². The summed E-state index contributed by atoms with van der Waals surface area (Å²) in [5.41, 5.74) is 0.985. The van der Waals surface area contributed by atoms with Gasteiger partial charge in [-0.25, -0.2) is 14.5 Å². The lowest BCUT2D eigenvalue weighted by Crippen LogP contribution is -2.42. The van der Waals surface area contributed by atoms with Gasteiger partial charge in [0.15, 0.2) is 5.82 Å². The summed E-state index contributed by atoms with van der Waals surface area (Å²) in [6, 6.07) is 5.76. The van der Waals surface area contributed by atoms with E-state index in [4.69, 9.17) is 0 Å². The van der Waals surface area contributed by atoms with Gasteiger partial charge in [0.25, 0.3) is 0 Å². The van der Waals surface area contributed by atoms with Gasteiger partial charge < -0.3 is 10.6 Å². The third-order valence-corrected chi connectivity index (χ3v) is 3.61. The average molecular weight is 297 g/mol. The predicted molar refractivity (Wildman–Crippen MR) is 83.5 cm³/mol. The Balaban J connectivity index is 1.54. The van der Waals surface area contributed by atoms with Crippen LogP contribution in [0.15, 0.2) is 48.9 Å². The van der Waals surface area contributed by atoms with E-state index in [0.29, 0.717) is 6.54 Å². The second kappa shape index (κ2) is 6.89. The van der Waals surface area contributed by atoms with Crippen LogP contribution in [0.5, 0.6) is 0 Å². The molecule has 2 amide bonds. The first-order valence-electron chi connectivity index (χ1n) is 7.45. The number of rotatable bonds is 4. The van der Waals surface area contributed by atoms with Crippen molar-refractivity contribution >= 4 is 6.03 Å². The molecule has 3 rings (SSSR count). The molecule has 22 heavy (non-hydrogen) atoms. The molecule has 2 N–H and O–H groups in total. The van der Waals surface area contributed by atoms with Crippen LogP contribution in [-0.2, 0) is 6.54 Å². The zero-order valence-corrected chi connectivity index (χ0v) is 12.3. The van der Waals surface area contributed by atoms with Gasteiger partial charge in [-0.2, -0.15) is 5.10 Å². The lowest BCUT2D eigenvalue weighted by atomic mass is 10.0. The summed E-state index contributed by atoms with van der Waals surface area (Å²) in [5, 5.41) is 10.0. The zero-order chi connectivity index (χ0) is 15.2. The fourth-order valence-electron chi connectivity index (χ4n) is 2.44. The van der Waals surface area contributed by atoms with Gasteiger partial charge >= 0.3 is 6.03 Å². The summed E-state index contributed by atoms with van der Waals surface area (Å²) in [6.07, 6.45) is 12.5. The molecule has 0 fully saturated rings. The summed E-state index contributed by atoms with van der Waals surface area (Å²) >= 11 is 0. The van der Waals surface area contributed by atoms with Crippen LogP contribution in [0.2, 0.25) is 0 Å². The standard InChI is InChI=1S/C16H19N5O/c22-16(20-14-5-2-1-3-6-14)18-12-13-7-9-17-15(11-13)21-10-4-8-19-21/h1-2,4,7-11,14H,3,5-6,12H2,(H2,18,20,22)/t14-/m1/s1. The van der Waals surface area contributed by atoms with E-state index in [1.807, 2.05) is 24.4 Å². The second-order valence-corrected chi connectivity index (χ2v) is 5.28. The third kappa shape index (κ3) is 3.72. The molecule has 2 aromatic heterocycles. The molecule has 1 aliphatic rings. The molecule has 0 saturated carbocycles. The number of urea groups is 1. The Morgan fingerprint density at radius 3 is 3.09 bits per heavy atom. The Labute approximate surface area is 129 Å². The zero-order valence-electron chi connectivity index (χ0n) is 12.3. The number of nitrogens with one attached hydrogen (secondary N) is 2. The van der Waals surface area contributed by atoms with Gasteiger partial charge in [0.2, 0.25) is 0 Å². The number of pyridine rings is 1. The molecule has 0 aromatic carbocycles. The van der Waals surface area contributed by atoms with Crippen molar-refractivity contribution in [2.24, 2.45) is 0 Å². The van der Waals surface area contributed by atoms with Gasteiger partial charge in [-0.1, -0.05) is 12.2 Å². The maximum Gasteiger partial charge on any atom is 0.315 e. The quantitative estimate of drug-likeness (QED) is 0.850. The minimum atomic E-state index is -0.127. The van der Waals surface area contributed by atoms with Crippen LogP contribution in [0.1, 0.15) is 24.8 Å². The Kier molecular flexibility index (Phi) is 4.48. The maximum absolute atomic E-state index is 11.9. The molecule has 0 spiro atoms. The summed E-state index contributed by atoms with van der Waals surface area (Å²) < 4.78 is 1.69. The molecule has 6 nitrogen and oxygen atoms in total. The van der Waals surface area contributed by atoms with Gasteiger partial charge in [0.05, 0.1) is 0 Å². The summed E-state index contributed by atoms with van der Waals surface area (Å²) in [4.78, 5) is 16.2. The average Bonchev–Trinajstić information content (AvgIpc) is 3.09. The largest absolute Gasteiger partial charge is 0.335 e. The first-order valence-corrected chi connectivity index (χ1v) is 7.45. The summed E-state index contributed by atoms with van der Waals surface area (Å²) in [7, 11) is 0. The summed E-state index contributed by atoms with van der Waals surface area (Å²) in [6.45, 7) is 0.463. The number of hydrogen-bond acceptors (Lipinski definition) is 3. The first kappa shape index (κ1) is 14.3. The van der Waals surface area contributed by atoms with E-state index in [9.17, 15) is 4.79 Å². The molecular formula is C16H19N5O. The van der Waals surface area contributed by atoms with Crippen molar-refractivity contribution in [3.8, 4) is 5.82 Å². The molecule has 1 aliphatic carbocycles. The Morgan fingerprint density at radius 1 is 1.36 bits per heavy atom. The fraction of sp³-hybridized carbons (Fsp3) is 0.312. The highest BCUT2D eigenvalue weighted by Crippen LogP contribution is 2.10. The number of aromatic nitrogens is 3.